The van der Waals surface area contributed by atoms with Crippen LogP contribution in [-0.4, -0.2) is 15.6 Å². The largest absolute Gasteiger partial charge is 0.349 e. The van der Waals surface area contributed by atoms with E-state index in [0.29, 0.717) is 22.4 Å². The lowest BCUT2D eigenvalue weighted by atomic mass is 10.2. The van der Waals surface area contributed by atoms with Crippen molar-refractivity contribution < 1.29 is 4.79 Å². The van der Waals surface area contributed by atoms with E-state index in [0.717, 1.165) is 0 Å². The second kappa shape index (κ2) is 6.54. The smallest absolute Gasteiger partial charge is 0.308 e. The molecule has 24 heavy (non-hydrogen) atoms. The molecule has 0 saturated heterocycles. The average Bonchev–Trinajstić information content (AvgIpc) is 2.55. The van der Waals surface area contributed by atoms with Crippen LogP contribution in [0.5, 0.6) is 0 Å². The predicted octanol–water partition coefficient (Wildman–Crippen LogP) is 3.62. The molecular weight excluding hydrogens is 304 g/mol. The molecule has 6 heteroatoms. The maximum Gasteiger partial charge on any atom is 0.349 e. The van der Waals surface area contributed by atoms with Crippen molar-refractivity contribution in [2.45, 2.75) is 19.9 Å². The minimum absolute atomic E-state index is 0.137. The highest BCUT2D eigenvalue weighted by Crippen LogP contribution is 2.22. The van der Waals surface area contributed by atoms with Crippen molar-refractivity contribution in [2.75, 3.05) is 10.6 Å². The number of rotatable bonds is 3. The van der Waals surface area contributed by atoms with Gasteiger partial charge in [-0.2, -0.15) is 4.98 Å². The highest BCUT2D eigenvalue weighted by Gasteiger charge is 2.15. The highest BCUT2D eigenvalue weighted by atomic mass is 16.2. The first-order valence-corrected chi connectivity index (χ1v) is 7.70. The zero-order valence-corrected chi connectivity index (χ0v) is 13.5. The standard InChI is InChI=1S/C18H18N4O2/c1-12(2)22-16(14-10-6-7-11-15(14)20-18(22)24)21-17(23)19-13-8-4-3-5-9-13/h3-12H,1-2H3,(H2,19,21,23). The van der Waals surface area contributed by atoms with E-state index < -0.39 is 11.7 Å². The van der Waals surface area contributed by atoms with Gasteiger partial charge in [-0.15, -0.1) is 0 Å². The van der Waals surface area contributed by atoms with Gasteiger partial charge < -0.3 is 5.32 Å². The van der Waals surface area contributed by atoms with E-state index in [2.05, 4.69) is 15.6 Å². The minimum Gasteiger partial charge on any atom is -0.308 e. The number of fused-ring (bicyclic) bond motifs is 1. The quantitative estimate of drug-likeness (QED) is 0.773. The summed E-state index contributed by atoms with van der Waals surface area (Å²) in [5.74, 6) is 0.439. The predicted molar refractivity (Wildman–Crippen MR) is 95.5 cm³/mol. The molecule has 122 valence electrons. The van der Waals surface area contributed by atoms with Gasteiger partial charge >= 0.3 is 11.7 Å². The van der Waals surface area contributed by atoms with Crippen LogP contribution >= 0.6 is 0 Å². The molecule has 0 aliphatic rings. The van der Waals surface area contributed by atoms with E-state index in [1.807, 2.05) is 50.2 Å². The van der Waals surface area contributed by atoms with Crippen LogP contribution in [0.2, 0.25) is 0 Å². The van der Waals surface area contributed by atoms with Crippen molar-refractivity contribution in [3.63, 3.8) is 0 Å². The van der Waals surface area contributed by atoms with Crippen LogP contribution in [0, 0.1) is 0 Å². The molecule has 0 atom stereocenters. The maximum atomic E-state index is 12.4. The van der Waals surface area contributed by atoms with Crippen LogP contribution in [0.4, 0.5) is 16.3 Å². The van der Waals surface area contributed by atoms with Gasteiger partial charge in [-0.1, -0.05) is 30.3 Å². The van der Waals surface area contributed by atoms with Gasteiger partial charge in [0.05, 0.1) is 5.52 Å². The Morgan fingerprint density at radius 3 is 2.38 bits per heavy atom. The number of hydrogen-bond acceptors (Lipinski definition) is 3. The van der Waals surface area contributed by atoms with Crippen LogP contribution in [0.3, 0.4) is 0 Å². The summed E-state index contributed by atoms with van der Waals surface area (Å²) >= 11 is 0. The van der Waals surface area contributed by atoms with Crippen LogP contribution < -0.4 is 16.3 Å². The van der Waals surface area contributed by atoms with Crippen LogP contribution in [0.1, 0.15) is 19.9 Å². The van der Waals surface area contributed by atoms with Gasteiger partial charge in [0.1, 0.15) is 5.82 Å². The molecule has 3 rings (SSSR count). The molecule has 1 heterocycles. The summed E-state index contributed by atoms with van der Waals surface area (Å²) in [4.78, 5) is 28.8. The Kier molecular flexibility index (Phi) is 4.29. The number of benzene rings is 2. The second-order valence-electron chi connectivity index (χ2n) is 5.67. The van der Waals surface area contributed by atoms with Crippen molar-refractivity contribution in [1.82, 2.24) is 9.55 Å². The molecule has 2 aromatic carbocycles. The lowest BCUT2D eigenvalue weighted by molar-refractivity contribution is 0.262. The zero-order valence-electron chi connectivity index (χ0n) is 13.5. The fourth-order valence-corrected chi connectivity index (χ4v) is 2.55. The number of carbonyl (C=O) groups is 1. The molecule has 0 spiro atoms. The molecule has 0 unspecified atom stereocenters. The number of aromatic nitrogens is 2. The van der Waals surface area contributed by atoms with Crippen molar-refractivity contribution >= 4 is 28.4 Å². The average molecular weight is 322 g/mol. The lowest BCUT2D eigenvalue weighted by Gasteiger charge is -2.18. The summed E-state index contributed by atoms with van der Waals surface area (Å²) in [6.07, 6.45) is 0. The van der Waals surface area contributed by atoms with Crippen LogP contribution in [0.15, 0.2) is 59.4 Å². The second-order valence-corrected chi connectivity index (χ2v) is 5.67. The third kappa shape index (κ3) is 3.12. The molecule has 2 N–H and O–H groups in total. The van der Waals surface area contributed by atoms with Gasteiger partial charge in [0.2, 0.25) is 0 Å². The molecule has 0 fully saturated rings. The molecule has 0 aliphatic carbocycles. The Balaban J connectivity index is 2.02. The van der Waals surface area contributed by atoms with Gasteiger partial charge in [0, 0.05) is 17.1 Å². The number of carbonyl (C=O) groups excluding carboxylic acids is 1. The molecule has 0 bridgehead atoms. The van der Waals surface area contributed by atoms with E-state index in [9.17, 15) is 9.59 Å². The van der Waals surface area contributed by atoms with E-state index in [1.54, 1.807) is 18.2 Å². The molecule has 0 aliphatic heterocycles. The monoisotopic (exact) mass is 322 g/mol. The van der Waals surface area contributed by atoms with E-state index >= 15 is 0 Å². The zero-order chi connectivity index (χ0) is 17.1. The molecule has 1 aromatic heterocycles. The number of para-hydroxylation sites is 2. The molecule has 0 saturated carbocycles. The fourth-order valence-electron chi connectivity index (χ4n) is 2.55. The van der Waals surface area contributed by atoms with Gasteiger partial charge in [-0.05, 0) is 38.1 Å². The summed E-state index contributed by atoms with van der Waals surface area (Å²) in [7, 11) is 0. The minimum atomic E-state index is -0.411. The number of hydrogen-bond donors (Lipinski definition) is 2. The first-order valence-electron chi connectivity index (χ1n) is 7.70. The van der Waals surface area contributed by atoms with Gasteiger partial charge in [0.15, 0.2) is 0 Å². The van der Waals surface area contributed by atoms with E-state index in [4.69, 9.17) is 0 Å². The summed E-state index contributed by atoms with van der Waals surface area (Å²) in [5.41, 5.74) is 0.833. The normalized spacial score (nSPS) is 10.8. The summed E-state index contributed by atoms with van der Waals surface area (Å²) in [5, 5.41) is 6.27. The van der Waals surface area contributed by atoms with Crippen molar-refractivity contribution in [3.8, 4) is 0 Å². The Hall–Kier alpha value is -3.15. The molecular formula is C18H18N4O2. The van der Waals surface area contributed by atoms with Crippen LogP contribution in [-0.2, 0) is 0 Å². The van der Waals surface area contributed by atoms with Gasteiger partial charge in [-0.3, -0.25) is 9.88 Å². The van der Waals surface area contributed by atoms with Crippen LogP contribution in [0.25, 0.3) is 10.9 Å². The molecule has 6 nitrogen and oxygen atoms in total. The third-order valence-electron chi connectivity index (χ3n) is 3.60. The van der Waals surface area contributed by atoms with E-state index in [1.165, 1.54) is 4.57 Å². The molecule has 2 amide bonds. The SMILES string of the molecule is CC(C)n1c(NC(=O)Nc2ccccc2)c2ccccc2nc1=O. The first kappa shape index (κ1) is 15.7. The fraction of sp³-hybridized carbons (Fsp3) is 0.167. The third-order valence-corrected chi connectivity index (χ3v) is 3.60. The van der Waals surface area contributed by atoms with Crippen molar-refractivity contribution in [1.29, 1.82) is 0 Å². The lowest BCUT2D eigenvalue weighted by Crippen LogP contribution is -2.30. The van der Waals surface area contributed by atoms with Crippen molar-refractivity contribution in [2.24, 2.45) is 0 Å². The van der Waals surface area contributed by atoms with E-state index in [-0.39, 0.29) is 6.04 Å². The molecule has 0 radical (unpaired) electrons. The van der Waals surface area contributed by atoms with Gasteiger partial charge in [0.25, 0.3) is 0 Å². The first-order chi connectivity index (χ1) is 11.6. The Morgan fingerprint density at radius 1 is 1.00 bits per heavy atom. The number of anilines is 2. The number of amides is 2. The number of urea groups is 1. The Bertz CT molecular complexity index is 933. The summed E-state index contributed by atoms with van der Waals surface area (Å²) in [6.45, 7) is 3.75. The topological polar surface area (TPSA) is 76.0 Å². The molecule has 3 aromatic rings. The Morgan fingerprint density at radius 2 is 1.67 bits per heavy atom. The highest BCUT2D eigenvalue weighted by molar-refractivity contribution is 6.04. The number of nitrogens with zero attached hydrogens (tertiary/aromatic N) is 2. The maximum absolute atomic E-state index is 12.4. The Labute approximate surface area is 139 Å². The summed E-state index contributed by atoms with van der Waals surface area (Å²) < 4.78 is 1.48. The summed E-state index contributed by atoms with van der Waals surface area (Å²) in [6, 6.07) is 15.8. The van der Waals surface area contributed by atoms with Gasteiger partial charge in [-0.25, -0.2) is 9.59 Å². The number of nitrogens with one attached hydrogen (secondary N) is 2. The van der Waals surface area contributed by atoms with Crippen molar-refractivity contribution in [3.05, 3.63) is 65.1 Å².